The maximum Gasteiger partial charge on any atom is 0.140 e. The molecular formula is C10H12BrFO2. The summed E-state index contributed by atoms with van der Waals surface area (Å²) in [5.74, 6) is 0.237. The van der Waals surface area contributed by atoms with Crippen LogP contribution in [0.25, 0.3) is 0 Å². The molecule has 2 nitrogen and oxygen atoms in total. The minimum Gasteiger partial charge on any atom is -0.497 e. The summed E-state index contributed by atoms with van der Waals surface area (Å²) >= 11 is 3.09. The number of benzene rings is 1. The Morgan fingerprint density at radius 1 is 1.57 bits per heavy atom. The predicted octanol–water partition coefficient (Wildman–Crippen LogP) is 2.52. The number of hydrogen-bond acceptors (Lipinski definition) is 2. The standard InChI is InChI=1S/C10H12BrFO2/c1-6(13)3-7-4-8(14-2)5-9(11)10(7)12/h4-6,13H,3H2,1-2H3. The molecule has 0 spiro atoms. The lowest BCUT2D eigenvalue weighted by molar-refractivity contribution is 0.194. The fourth-order valence-corrected chi connectivity index (χ4v) is 1.68. The molecule has 1 atom stereocenters. The topological polar surface area (TPSA) is 29.5 Å². The zero-order valence-corrected chi connectivity index (χ0v) is 9.64. The van der Waals surface area contributed by atoms with Gasteiger partial charge in [0.25, 0.3) is 0 Å². The Balaban J connectivity index is 3.07. The Labute approximate surface area is 90.8 Å². The van der Waals surface area contributed by atoms with E-state index in [1.54, 1.807) is 19.1 Å². The molecule has 0 bridgehead atoms. The van der Waals surface area contributed by atoms with Gasteiger partial charge in [0, 0.05) is 6.42 Å². The van der Waals surface area contributed by atoms with Crippen LogP contribution in [-0.2, 0) is 6.42 Å². The molecule has 78 valence electrons. The third kappa shape index (κ3) is 2.69. The summed E-state index contributed by atoms with van der Waals surface area (Å²) in [6.45, 7) is 1.62. The summed E-state index contributed by atoms with van der Waals surface area (Å²) in [4.78, 5) is 0. The second-order valence-electron chi connectivity index (χ2n) is 3.14. The Hall–Kier alpha value is -0.610. The third-order valence-electron chi connectivity index (χ3n) is 1.83. The van der Waals surface area contributed by atoms with E-state index in [1.165, 1.54) is 7.11 Å². The van der Waals surface area contributed by atoms with Crippen molar-refractivity contribution in [1.29, 1.82) is 0 Å². The van der Waals surface area contributed by atoms with Crippen LogP contribution >= 0.6 is 15.9 Å². The zero-order chi connectivity index (χ0) is 10.7. The van der Waals surface area contributed by atoms with Crippen molar-refractivity contribution < 1.29 is 14.2 Å². The van der Waals surface area contributed by atoms with Crippen molar-refractivity contribution in [3.05, 3.63) is 28.0 Å². The van der Waals surface area contributed by atoms with Gasteiger partial charge >= 0.3 is 0 Å². The van der Waals surface area contributed by atoms with Crippen molar-refractivity contribution in [2.75, 3.05) is 7.11 Å². The first-order valence-corrected chi connectivity index (χ1v) is 5.04. The van der Waals surface area contributed by atoms with Gasteiger partial charge in [-0.05, 0) is 40.5 Å². The highest BCUT2D eigenvalue weighted by Gasteiger charge is 2.11. The zero-order valence-electron chi connectivity index (χ0n) is 8.05. The van der Waals surface area contributed by atoms with Crippen LogP contribution in [0, 0.1) is 5.82 Å². The smallest absolute Gasteiger partial charge is 0.140 e. The van der Waals surface area contributed by atoms with Gasteiger partial charge in [-0.15, -0.1) is 0 Å². The van der Waals surface area contributed by atoms with Gasteiger partial charge in [-0.2, -0.15) is 0 Å². The first-order chi connectivity index (χ1) is 6.54. The number of aliphatic hydroxyl groups excluding tert-OH is 1. The quantitative estimate of drug-likeness (QED) is 0.907. The van der Waals surface area contributed by atoms with E-state index in [9.17, 15) is 4.39 Å². The molecule has 0 aliphatic rings. The fraction of sp³-hybridized carbons (Fsp3) is 0.400. The normalized spacial score (nSPS) is 12.6. The molecule has 0 aliphatic heterocycles. The van der Waals surface area contributed by atoms with Gasteiger partial charge in [0.1, 0.15) is 11.6 Å². The molecule has 0 aromatic heterocycles. The number of aliphatic hydroxyl groups is 1. The van der Waals surface area contributed by atoms with Crippen molar-refractivity contribution >= 4 is 15.9 Å². The largest absolute Gasteiger partial charge is 0.497 e. The molecule has 0 fully saturated rings. The third-order valence-corrected chi connectivity index (χ3v) is 2.41. The minimum absolute atomic E-state index is 0.279. The Morgan fingerprint density at radius 3 is 2.71 bits per heavy atom. The lowest BCUT2D eigenvalue weighted by Gasteiger charge is -2.09. The van der Waals surface area contributed by atoms with Crippen molar-refractivity contribution in [3.8, 4) is 5.75 Å². The first kappa shape index (κ1) is 11.5. The number of halogens is 2. The van der Waals surface area contributed by atoms with Crippen LogP contribution in [-0.4, -0.2) is 18.3 Å². The summed E-state index contributed by atoms with van der Waals surface area (Å²) in [5, 5.41) is 9.16. The number of rotatable bonds is 3. The van der Waals surface area contributed by atoms with Gasteiger partial charge in [-0.3, -0.25) is 0 Å². The molecule has 1 N–H and O–H groups in total. The summed E-state index contributed by atoms with van der Waals surface area (Å²) in [6.07, 6.45) is -0.287. The van der Waals surface area contributed by atoms with Gasteiger partial charge in [0.15, 0.2) is 0 Å². The molecule has 0 aliphatic carbocycles. The van der Waals surface area contributed by atoms with E-state index in [0.29, 0.717) is 15.8 Å². The molecule has 4 heteroatoms. The number of hydrogen-bond donors (Lipinski definition) is 1. The number of methoxy groups -OCH3 is 1. The average molecular weight is 263 g/mol. The summed E-state index contributed by atoms with van der Waals surface area (Å²) < 4.78 is 18.8. The molecule has 1 rings (SSSR count). The maximum atomic E-state index is 13.5. The van der Waals surface area contributed by atoms with Crippen LogP contribution in [0.3, 0.4) is 0 Å². The number of ether oxygens (including phenoxy) is 1. The summed E-state index contributed by atoms with van der Waals surface area (Å²) in [7, 11) is 1.52. The van der Waals surface area contributed by atoms with Gasteiger partial charge in [-0.1, -0.05) is 0 Å². The molecular weight excluding hydrogens is 251 g/mol. The highest BCUT2D eigenvalue weighted by molar-refractivity contribution is 9.10. The van der Waals surface area contributed by atoms with E-state index in [2.05, 4.69) is 15.9 Å². The first-order valence-electron chi connectivity index (χ1n) is 4.24. The van der Waals surface area contributed by atoms with Gasteiger partial charge in [0.2, 0.25) is 0 Å². The van der Waals surface area contributed by atoms with Crippen LogP contribution in [0.5, 0.6) is 5.75 Å². The molecule has 0 heterocycles. The summed E-state index contributed by atoms with van der Waals surface area (Å²) in [5.41, 5.74) is 0.450. The van der Waals surface area contributed by atoms with Crippen molar-refractivity contribution in [1.82, 2.24) is 0 Å². The van der Waals surface area contributed by atoms with Gasteiger partial charge < -0.3 is 9.84 Å². The molecule has 1 aromatic rings. The van der Waals surface area contributed by atoms with Crippen molar-refractivity contribution in [3.63, 3.8) is 0 Å². The molecule has 0 amide bonds. The summed E-state index contributed by atoms with van der Waals surface area (Å²) in [6, 6.07) is 3.15. The van der Waals surface area contributed by atoms with E-state index in [1.807, 2.05) is 0 Å². The van der Waals surface area contributed by atoms with Crippen LogP contribution in [0.4, 0.5) is 4.39 Å². The van der Waals surface area contributed by atoms with E-state index >= 15 is 0 Å². The predicted molar refractivity (Wildman–Crippen MR) is 56.0 cm³/mol. The van der Waals surface area contributed by atoms with E-state index < -0.39 is 6.10 Å². The average Bonchev–Trinajstić information content (AvgIpc) is 2.11. The highest BCUT2D eigenvalue weighted by Crippen LogP contribution is 2.26. The molecule has 1 unspecified atom stereocenters. The second kappa shape index (κ2) is 4.75. The van der Waals surface area contributed by atoms with Crippen LogP contribution in [0.1, 0.15) is 12.5 Å². The Kier molecular flexibility index (Phi) is 3.89. The SMILES string of the molecule is COc1cc(Br)c(F)c(CC(C)O)c1. The molecule has 0 radical (unpaired) electrons. The van der Waals surface area contributed by atoms with E-state index in [4.69, 9.17) is 9.84 Å². The van der Waals surface area contributed by atoms with Crippen LogP contribution < -0.4 is 4.74 Å². The van der Waals surface area contributed by atoms with Gasteiger partial charge in [0.05, 0.1) is 17.7 Å². The Bertz CT molecular complexity index is 326. The Morgan fingerprint density at radius 2 is 2.21 bits per heavy atom. The van der Waals surface area contributed by atoms with Crippen LogP contribution in [0.2, 0.25) is 0 Å². The van der Waals surface area contributed by atoms with Gasteiger partial charge in [-0.25, -0.2) is 4.39 Å². The maximum absolute atomic E-state index is 13.5. The van der Waals surface area contributed by atoms with Crippen molar-refractivity contribution in [2.45, 2.75) is 19.4 Å². The van der Waals surface area contributed by atoms with Crippen molar-refractivity contribution in [2.24, 2.45) is 0 Å². The molecule has 0 saturated carbocycles. The van der Waals surface area contributed by atoms with E-state index in [-0.39, 0.29) is 12.2 Å². The molecule has 14 heavy (non-hydrogen) atoms. The minimum atomic E-state index is -0.566. The lowest BCUT2D eigenvalue weighted by atomic mass is 10.1. The fourth-order valence-electron chi connectivity index (χ4n) is 1.20. The monoisotopic (exact) mass is 262 g/mol. The van der Waals surface area contributed by atoms with E-state index in [0.717, 1.165) is 0 Å². The molecule has 1 aromatic carbocycles. The van der Waals surface area contributed by atoms with Crippen LogP contribution in [0.15, 0.2) is 16.6 Å². The molecule has 0 saturated heterocycles. The highest BCUT2D eigenvalue weighted by atomic mass is 79.9. The second-order valence-corrected chi connectivity index (χ2v) is 3.99. The lowest BCUT2D eigenvalue weighted by Crippen LogP contribution is -2.06.